The SMILES string of the molecule is CCOC(=O)c1cn(C(C(=O)C(C)(C)C)c2ccccc2)nn1. The Hall–Kier alpha value is -2.50. The molecular formula is C17H21N3O3. The normalized spacial score (nSPS) is 12.7. The van der Waals surface area contributed by atoms with Crippen molar-refractivity contribution in [3.63, 3.8) is 0 Å². The minimum absolute atomic E-state index is 0.0102. The maximum atomic E-state index is 12.9. The highest BCUT2D eigenvalue weighted by Crippen LogP contribution is 2.28. The maximum Gasteiger partial charge on any atom is 0.360 e. The highest BCUT2D eigenvalue weighted by atomic mass is 16.5. The molecule has 0 amide bonds. The lowest BCUT2D eigenvalue weighted by Crippen LogP contribution is -2.31. The summed E-state index contributed by atoms with van der Waals surface area (Å²) in [5.41, 5.74) is 0.332. The van der Waals surface area contributed by atoms with Crippen molar-refractivity contribution in [1.82, 2.24) is 15.0 Å². The number of benzene rings is 1. The van der Waals surface area contributed by atoms with E-state index >= 15 is 0 Å². The molecule has 2 rings (SSSR count). The van der Waals surface area contributed by atoms with Crippen LogP contribution in [0.1, 0.15) is 49.8 Å². The molecule has 0 spiro atoms. The molecule has 0 aliphatic rings. The minimum atomic E-state index is -0.633. The van der Waals surface area contributed by atoms with Gasteiger partial charge in [-0.05, 0) is 12.5 Å². The summed E-state index contributed by atoms with van der Waals surface area (Å²) < 4.78 is 6.34. The molecule has 1 unspecified atom stereocenters. The van der Waals surface area contributed by atoms with Crippen molar-refractivity contribution in [3.8, 4) is 0 Å². The van der Waals surface area contributed by atoms with Gasteiger partial charge in [-0.3, -0.25) is 4.79 Å². The fraction of sp³-hybridized carbons (Fsp3) is 0.412. The van der Waals surface area contributed by atoms with Crippen LogP contribution >= 0.6 is 0 Å². The van der Waals surface area contributed by atoms with Crippen molar-refractivity contribution in [1.29, 1.82) is 0 Å². The van der Waals surface area contributed by atoms with Crippen LogP contribution in [0.5, 0.6) is 0 Å². The Labute approximate surface area is 135 Å². The number of rotatable bonds is 5. The molecule has 1 aromatic heterocycles. The number of hydrogen-bond donors (Lipinski definition) is 0. The average molecular weight is 315 g/mol. The molecule has 0 radical (unpaired) electrons. The predicted octanol–water partition coefficient (Wildman–Crippen LogP) is 2.66. The summed E-state index contributed by atoms with van der Waals surface area (Å²) in [6, 6.07) is 8.70. The second kappa shape index (κ2) is 6.73. The Morgan fingerprint density at radius 1 is 1.22 bits per heavy atom. The third-order valence-corrected chi connectivity index (χ3v) is 3.36. The summed E-state index contributed by atoms with van der Waals surface area (Å²) in [7, 11) is 0. The van der Waals surface area contributed by atoms with E-state index < -0.39 is 17.4 Å². The zero-order valence-corrected chi connectivity index (χ0v) is 13.8. The van der Waals surface area contributed by atoms with Crippen LogP contribution in [0.25, 0.3) is 0 Å². The summed E-state index contributed by atoms with van der Waals surface area (Å²) >= 11 is 0. The number of carbonyl (C=O) groups is 2. The van der Waals surface area contributed by atoms with Gasteiger partial charge in [0.25, 0.3) is 0 Å². The van der Waals surface area contributed by atoms with Crippen molar-refractivity contribution < 1.29 is 14.3 Å². The fourth-order valence-corrected chi connectivity index (χ4v) is 2.17. The maximum absolute atomic E-state index is 12.9. The number of ketones is 1. The van der Waals surface area contributed by atoms with Gasteiger partial charge in [-0.1, -0.05) is 56.3 Å². The van der Waals surface area contributed by atoms with Crippen molar-refractivity contribution in [2.24, 2.45) is 5.41 Å². The average Bonchev–Trinajstić information content (AvgIpc) is 2.97. The Morgan fingerprint density at radius 2 is 1.87 bits per heavy atom. The summed E-state index contributed by atoms with van der Waals surface area (Å²) in [4.78, 5) is 24.6. The highest BCUT2D eigenvalue weighted by molar-refractivity contribution is 5.90. The number of Topliss-reactive ketones (excluding diaryl/α,β-unsaturated/α-hetero) is 1. The molecule has 0 fully saturated rings. The Kier molecular flexibility index (Phi) is 4.93. The van der Waals surface area contributed by atoms with Crippen molar-refractivity contribution in [2.45, 2.75) is 33.7 Å². The molecule has 0 aliphatic heterocycles. The smallest absolute Gasteiger partial charge is 0.360 e. The third kappa shape index (κ3) is 3.83. The lowest BCUT2D eigenvalue weighted by Gasteiger charge is -2.24. The van der Waals surface area contributed by atoms with Crippen LogP contribution in [0.3, 0.4) is 0 Å². The van der Waals surface area contributed by atoms with Crippen LogP contribution in [0.2, 0.25) is 0 Å². The summed E-state index contributed by atoms with van der Waals surface area (Å²) in [5, 5.41) is 7.81. The zero-order valence-electron chi connectivity index (χ0n) is 13.8. The van der Waals surface area contributed by atoms with Gasteiger partial charge in [0.2, 0.25) is 0 Å². The number of ether oxygens (including phenoxy) is 1. The number of aromatic nitrogens is 3. The fourth-order valence-electron chi connectivity index (χ4n) is 2.17. The van der Waals surface area contributed by atoms with Gasteiger partial charge in [0.1, 0.15) is 6.04 Å². The van der Waals surface area contributed by atoms with E-state index in [1.165, 1.54) is 10.9 Å². The number of hydrogen-bond acceptors (Lipinski definition) is 5. The second-order valence-electron chi connectivity index (χ2n) is 6.23. The molecule has 0 bridgehead atoms. The molecule has 1 heterocycles. The van der Waals surface area contributed by atoms with Crippen LogP contribution in [0.4, 0.5) is 0 Å². The Bertz CT molecular complexity index is 687. The number of esters is 1. The molecule has 0 N–H and O–H groups in total. The van der Waals surface area contributed by atoms with E-state index in [2.05, 4.69) is 10.3 Å². The number of nitrogens with zero attached hydrogens (tertiary/aromatic N) is 3. The lowest BCUT2D eigenvalue weighted by atomic mass is 9.84. The predicted molar refractivity (Wildman–Crippen MR) is 85.0 cm³/mol. The first-order valence-corrected chi connectivity index (χ1v) is 7.52. The van der Waals surface area contributed by atoms with E-state index in [9.17, 15) is 9.59 Å². The first-order chi connectivity index (χ1) is 10.8. The Morgan fingerprint density at radius 3 is 2.43 bits per heavy atom. The molecule has 6 nitrogen and oxygen atoms in total. The summed E-state index contributed by atoms with van der Waals surface area (Å²) in [6.07, 6.45) is 1.46. The highest BCUT2D eigenvalue weighted by Gasteiger charge is 2.33. The molecule has 1 aromatic carbocycles. The topological polar surface area (TPSA) is 74.1 Å². The standard InChI is InChI=1S/C17H21N3O3/c1-5-23-16(22)13-11-20(19-18-13)14(15(21)17(2,3)4)12-9-7-6-8-10-12/h6-11,14H,5H2,1-4H3. The van der Waals surface area contributed by atoms with Crippen LogP contribution in [-0.4, -0.2) is 33.4 Å². The molecule has 1 atom stereocenters. The van der Waals surface area contributed by atoms with E-state index in [1.807, 2.05) is 51.1 Å². The quantitative estimate of drug-likeness (QED) is 0.793. The van der Waals surface area contributed by atoms with Gasteiger partial charge in [-0.2, -0.15) is 0 Å². The first kappa shape index (κ1) is 16.9. The van der Waals surface area contributed by atoms with E-state index in [0.717, 1.165) is 5.56 Å². The van der Waals surface area contributed by atoms with E-state index in [4.69, 9.17) is 4.74 Å². The molecule has 2 aromatic rings. The van der Waals surface area contributed by atoms with Crippen molar-refractivity contribution in [2.75, 3.05) is 6.61 Å². The minimum Gasteiger partial charge on any atom is -0.461 e. The van der Waals surface area contributed by atoms with Gasteiger partial charge < -0.3 is 4.74 Å². The second-order valence-corrected chi connectivity index (χ2v) is 6.23. The van der Waals surface area contributed by atoms with Crippen molar-refractivity contribution >= 4 is 11.8 Å². The van der Waals surface area contributed by atoms with Crippen LogP contribution in [-0.2, 0) is 9.53 Å². The molecule has 23 heavy (non-hydrogen) atoms. The van der Waals surface area contributed by atoms with Gasteiger partial charge in [0.15, 0.2) is 11.5 Å². The van der Waals surface area contributed by atoms with Gasteiger partial charge in [0.05, 0.1) is 12.8 Å². The molecule has 122 valence electrons. The summed E-state index contributed by atoms with van der Waals surface area (Å²) in [6.45, 7) is 7.55. The Balaban J connectivity index is 2.43. The molecule has 0 aliphatic carbocycles. The largest absolute Gasteiger partial charge is 0.461 e. The molecular weight excluding hydrogens is 294 g/mol. The third-order valence-electron chi connectivity index (χ3n) is 3.36. The summed E-state index contributed by atoms with van der Waals surface area (Å²) in [5.74, 6) is -0.558. The van der Waals surface area contributed by atoms with E-state index in [-0.39, 0.29) is 18.1 Å². The molecule has 0 saturated heterocycles. The van der Waals surface area contributed by atoms with Gasteiger partial charge in [-0.15, -0.1) is 5.10 Å². The number of carbonyl (C=O) groups excluding carboxylic acids is 2. The van der Waals surface area contributed by atoms with Crippen LogP contribution in [0, 0.1) is 5.41 Å². The van der Waals surface area contributed by atoms with E-state index in [0.29, 0.717) is 0 Å². The van der Waals surface area contributed by atoms with Gasteiger partial charge in [0, 0.05) is 5.41 Å². The monoisotopic (exact) mass is 315 g/mol. The van der Waals surface area contributed by atoms with Gasteiger partial charge in [-0.25, -0.2) is 9.48 Å². The first-order valence-electron chi connectivity index (χ1n) is 7.52. The van der Waals surface area contributed by atoms with E-state index in [1.54, 1.807) is 6.92 Å². The van der Waals surface area contributed by atoms with Crippen LogP contribution in [0.15, 0.2) is 36.5 Å². The molecule has 6 heteroatoms. The van der Waals surface area contributed by atoms with Crippen molar-refractivity contribution in [3.05, 3.63) is 47.8 Å². The lowest BCUT2D eigenvalue weighted by molar-refractivity contribution is -0.128. The van der Waals surface area contributed by atoms with Crippen LogP contribution < -0.4 is 0 Å². The van der Waals surface area contributed by atoms with Gasteiger partial charge >= 0.3 is 5.97 Å². The molecule has 0 saturated carbocycles. The zero-order chi connectivity index (χ0) is 17.0.